The molecule has 1 atom stereocenters. The second-order valence-corrected chi connectivity index (χ2v) is 11.0. The van der Waals surface area contributed by atoms with Crippen molar-refractivity contribution >= 4 is 33.1 Å². The number of carbonyl (C=O) groups is 1. The summed E-state index contributed by atoms with van der Waals surface area (Å²) in [6, 6.07) is 11.3. The normalized spacial score (nSPS) is 17.5. The summed E-state index contributed by atoms with van der Waals surface area (Å²) in [4.78, 5) is 22.8. The molecule has 10 heteroatoms. The fourth-order valence-electron chi connectivity index (χ4n) is 4.48. The van der Waals surface area contributed by atoms with E-state index in [1.165, 1.54) is 48.7 Å². The number of aromatic nitrogens is 2. The molecule has 1 unspecified atom stereocenters. The second kappa shape index (κ2) is 8.68. The summed E-state index contributed by atoms with van der Waals surface area (Å²) in [6.45, 7) is 6.77. The van der Waals surface area contributed by atoms with Crippen molar-refractivity contribution in [3.8, 4) is 0 Å². The first-order valence-electron chi connectivity index (χ1n) is 10.8. The van der Waals surface area contributed by atoms with Crippen molar-refractivity contribution in [3.63, 3.8) is 0 Å². The van der Waals surface area contributed by atoms with E-state index in [9.17, 15) is 17.6 Å². The first-order chi connectivity index (χ1) is 16.0. The van der Waals surface area contributed by atoms with Gasteiger partial charge >= 0.3 is 0 Å². The molecule has 1 saturated heterocycles. The van der Waals surface area contributed by atoms with Crippen LogP contribution in [0.25, 0.3) is 0 Å². The van der Waals surface area contributed by atoms with E-state index in [1.54, 1.807) is 6.07 Å². The van der Waals surface area contributed by atoms with Gasteiger partial charge in [0.1, 0.15) is 23.0 Å². The third-order valence-electron chi connectivity index (χ3n) is 5.87. The second-order valence-electron chi connectivity index (χ2n) is 9.10. The predicted octanol–water partition coefficient (Wildman–Crippen LogP) is 3.92. The fraction of sp³-hybridized carbons (Fsp3) is 0.292. The quantitative estimate of drug-likeness (QED) is 0.546. The minimum atomic E-state index is -4.22. The lowest BCUT2D eigenvalue weighted by Gasteiger charge is -2.33. The van der Waals surface area contributed by atoms with E-state index in [0.717, 1.165) is 6.42 Å². The van der Waals surface area contributed by atoms with Gasteiger partial charge in [0.15, 0.2) is 5.03 Å². The summed E-state index contributed by atoms with van der Waals surface area (Å²) >= 11 is 0. The van der Waals surface area contributed by atoms with E-state index < -0.39 is 21.6 Å². The van der Waals surface area contributed by atoms with E-state index >= 15 is 0 Å². The molecule has 2 aromatic heterocycles. The van der Waals surface area contributed by atoms with E-state index in [1.807, 2.05) is 18.7 Å². The fourth-order valence-corrected chi connectivity index (χ4v) is 5.88. The van der Waals surface area contributed by atoms with Gasteiger partial charge in [-0.05, 0) is 68.7 Å². The zero-order valence-electron chi connectivity index (χ0n) is 19.1. The smallest absolute Gasteiger partial charge is 0.253 e. The van der Waals surface area contributed by atoms with Gasteiger partial charge in [-0.25, -0.2) is 22.8 Å². The average Bonchev–Trinajstić information content (AvgIpc) is 3.06. The molecule has 1 fully saturated rings. The lowest BCUT2D eigenvalue weighted by atomic mass is 9.97. The van der Waals surface area contributed by atoms with Gasteiger partial charge in [-0.1, -0.05) is 13.0 Å². The highest BCUT2D eigenvalue weighted by molar-refractivity contribution is 7.91. The number of pyridine rings is 2. The van der Waals surface area contributed by atoms with Gasteiger partial charge in [0, 0.05) is 24.0 Å². The van der Waals surface area contributed by atoms with Crippen molar-refractivity contribution in [1.82, 2.24) is 9.97 Å². The highest BCUT2D eigenvalue weighted by atomic mass is 32.2. The van der Waals surface area contributed by atoms with Gasteiger partial charge in [-0.3, -0.25) is 4.79 Å². The number of anilines is 3. The first kappa shape index (κ1) is 23.6. The Bertz CT molecular complexity index is 1340. The van der Waals surface area contributed by atoms with Crippen molar-refractivity contribution in [2.45, 2.75) is 42.7 Å². The van der Waals surface area contributed by atoms with Crippen LogP contribution in [0.3, 0.4) is 0 Å². The van der Waals surface area contributed by atoms with Crippen LogP contribution in [0.1, 0.15) is 37.6 Å². The molecule has 0 saturated carbocycles. The number of halogens is 1. The van der Waals surface area contributed by atoms with Crippen LogP contribution in [0.4, 0.5) is 21.7 Å². The van der Waals surface area contributed by atoms with Crippen molar-refractivity contribution < 1.29 is 17.6 Å². The third-order valence-corrected chi connectivity index (χ3v) is 7.57. The molecule has 1 aliphatic rings. The van der Waals surface area contributed by atoms with Gasteiger partial charge < -0.3 is 16.0 Å². The van der Waals surface area contributed by atoms with Gasteiger partial charge in [-0.15, -0.1) is 0 Å². The number of nitrogens with two attached hydrogens (primary N) is 1. The van der Waals surface area contributed by atoms with E-state index in [2.05, 4.69) is 22.2 Å². The van der Waals surface area contributed by atoms with Crippen LogP contribution >= 0.6 is 0 Å². The molecule has 3 N–H and O–H groups in total. The average molecular weight is 484 g/mol. The number of amides is 1. The number of carbonyl (C=O) groups excluding carboxylic acids is 1. The molecular formula is C24H26FN5O3S. The van der Waals surface area contributed by atoms with Gasteiger partial charge in [0.25, 0.3) is 5.91 Å². The summed E-state index contributed by atoms with van der Waals surface area (Å²) in [5, 5.41) is 2.69. The summed E-state index contributed by atoms with van der Waals surface area (Å²) < 4.78 is 40.4. The minimum absolute atomic E-state index is 0.150. The number of nitrogens with zero attached hydrogens (tertiary/aromatic N) is 3. The molecule has 178 valence electrons. The highest BCUT2D eigenvalue weighted by Crippen LogP contribution is 2.39. The van der Waals surface area contributed by atoms with Crippen LogP contribution in [0.5, 0.6) is 0 Å². The molecule has 1 amide bonds. The Morgan fingerprint density at radius 1 is 1.18 bits per heavy atom. The zero-order valence-corrected chi connectivity index (χ0v) is 19.9. The molecule has 0 spiro atoms. The Labute approximate surface area is 198 Å². The summed E-state index contributed by atoms with van der Waals surface area (Å²) in [5.41, 5.74) is 5.76. The first-order valence-corrected chi connectivity index (χ1v) is 12.3. The van der Waals surface area contributed by atoms with Gasteiger partial charge in [-0.2, -0.15) is 0 Å². The Kier molecular flexibility index (Phi) is 6.03. The lowest BCUT2D eigenvalue weighted by Crippen LogP contribution is -2.40. The molecule has 0 aliphatic carbocycles. The van der Waals surface area contributed by atoms with Crippen molar-refractivity contribution in [2.24, 2.45) is 11.7 Å². The molecule has 3 heterocycles. The molecule has 1 aromatic carbocycles. The Morgan fingerprint density at radius 2 is 1.88 bits per heavy atom. The van der Waals surface area contributed by atoms with E-state index in [-0.39, 0.29) is 32.7 Å². The van der Waals surface area contributed by atoms with Crippen LogP contribution < -0.4 is 16.0 Å². The largest absolute Gasteiger partial charge is 0.365 e. The lowest BCUT2D eigenvalue weighted by molar-refractivity contribution is 0.0997. The summed E-state index contributed by atoms with van der Waals surface area (Å²) in [5.74, 6) is -0.426. The number of benzene rings is 1. The molecule has 1 aliphatic heterocycles. The number of hydrogen-bond acceptors (Lipinski definition) is 7. The third kappa shape index (κ3) is 4.45. The Morgan fingerprint density at radius 3 is 2.50 bits per heavy atom. The maximum atomic E-state index is 13.6. The number of sulfone groups is 1. The topological polar surface area (TPSA) is 118 Å². The van der Waals surface area contributed by atoms with Crippen LogP contribution in [-0.2, 0) is 9.84 Å². The molecular weight excluding hydrogens is 457 g/mol. The Balaban J connectivity index is 1.77. The van der Waals surface area contributed by atoms with Crippen LogP contribution in [0, 0.1) is 11.7 Å². The van der Waals surface area contributed by atoms with E-state index in [4.69, 9.17) is 5.73 Å². The highest BCUT2D eigenvalue weighted by Gasteiger charge is 2.40. The molecule has 3 aromatic rings. The van der Waals surface area contributed by atoms with E-state index in [0.29, 0.717) is 18.2 Å². The maximum Gasteiger partial charge on any atom is 0.253 e. The molecule has 4 rings (SSSR count). The number of hydrogen-bond donors (Lipinski definition) is 2. The van der Waals surface area contributed by atoms with Crippen LogP contribution in [0.15, 0.2) is 64.6 Å². The molecule has 0 radical (unpaired) electrons. The standard InChI is InChI=1S/C24H26FN5O3S/c1-15-13-24(2,3)30(14-15)23-21(22(26)31)18(11-12-27-23)34(32,33)20-6-4-5-19(29-20)28-17-9-7-16(25)8-10-17/h4-12,15H,13-14H2,1-3H3,(H2,26,31)(H,28,29). The molecule has 0 bridgehead atoms. The molecule has 34 heavy (non-hydrogen) atoms. The predicted molar refractivity (Wildman–Crippen MR) is 127 cm³/mol. The number of primary amides is 1. The number of rotatable bonds is 6. The zero-order chi connectivity index (χ0) is 24.7. The maximum absolute atomic E-state index is 13.6. The monoisotopic (exact) mass is 483 g/mol. The van der Waals surface area contributed by atoms with Crippen molar-refractivity contribution in [2.75, 3.05) is 16.8 Å². The summed E-state index contributed by atoms with van der Waals surface area (Å²) in [6.07, 6.45) is 2.23. The van der Waals surface area contributed by atoms with Crippen LogP contribution in [0.2, 0.25) is 0 Å². The van der Waals surface area contributed by atoms with Crippen molar-refractivity contribution in [3.05, 3.63) is 66.1 Å². The summed E-state index contributed by atoms with van der Waals surface area (Å²) in [7, 11) is -4.22. The van der Waals surface area contributed by atoms with Gasteiger partial charge in [0.2, 0.25) is 9.84 Å². The van der Waals surface area contributed by atoms with Gasteiger partial charge in [0.05, 0.1) is 4.90 Å². The van der Waals surface area contributed by atoms with Crippen molar-refractivity contribution in [1.29, 1.82) is 0 Å². The van der Waals surface area contributed by atoms with Crippen LogP contribution in [-0.4, -0.2) is 36.4 Å². The Hall–Kier alpha value is -3.53. The molecule has 8 nitrogen and oxygen atoms in total. The SMILES string of the molecule is CC1CN(c2nccc(S(=O)(=O)c3cccc(Nc4ccc(F)cc4)n3)c2C(N)=O)C(C)(C)C1. The number of nitrogens with one attached hydrogen (secondary N) is 1. The minimum Gasteiger partial charge on any atom is -0.365 e.